The van der Waals surface area contributed by atoms with Crippen LogP contribution in [0.25, 0.3) is 0 Å². The Kier molecular flexibility index (Phi) is 6.41. The van der Waals surface area contributed by atoms with Gasteiger partial charge in [-0.05, 0) is 67.6 Å². The zero-order valence-corrected chi connectivity index (χ0v) is 17.1. The Balaban J connectivity index is 1.70. The van der Waals surface area contributed by atoms with E-state index < -0.39 is 10.0 Å². The van der Waals surface area contributed by atoms with Crippen molar-refractivity contribution in [3.05, 3.63) is 83.4 Å². The van der Waals surface area contributed by atoms with Crippen LogP contribution in [0.4, 0.5) is 11.4 Å². The molecule has 0 aromatic heterocycles. The van der Waals surface area contributed by atoms with E-state index in [0.29, 0.717) is 34.3 Å². The highest BCUT2D eigenvalue weighted by Gasteiger charge is 2.15. The van der Waals surface area contributed by atoms with E-state index in [-0.39, 0.29) is 10.8 Å². The SMILES string of the molecule is CCOc1ccc(NS(=O)(=O)c2ccc(NC(=O)c3ccccc3Cl)cc2)cc1. The zero-order chi connectivity index (χ0) is 20.9. The summed E-state index contributed by atoms with van der Waals surface area (Å²) in [4.78, 5) is 12.4. The van der Waals surface area contributed by atoms with Crippen LogP contribution in [0.2, 0.25) is 5.02 Å². The lowest BCUT2D eigenvalue weighted by Gasteiger charge is -2.10. The highest BCUT2D eigenvalue weighted by atomic mass is 35.5. The Labute approximate surface area is 174 Å². The van der Waals surface area contributed by atoms with Gasteiger partial charge in [0.2, 0.25) is 0 Å². The van der Waals surface area contributed by atoms with Crippen LogP contribution in [0.5, 0.6) is 5.75 Å². The van der Waals surface area contributed by atoms with Gasteiger partial charge in [-0.25, -0.2) is 8.42 Å². The summed E-state index contributed by atoms with van der Waals surface area (Å²) in [6, 6.07) is 19.2. The Bertz CT molecular complexity index is 1100. The lowest BCUT2D eigenvalue weighted by atomic mass is 10.2. The minimum Gasteiger partial charge on any atom is -0.494 e. The van der Waals surface area contributed by atoms with Crippen molar-refractivity contribution in [2.45, 2.75) is 11.8 Å². The van der Waals surface area contributed by atoms with Gasteiger partial charge in [0, 0.05) is 11.4 Å². The maximum atomic E-state index is 12.6. The van der Waals surface area contributed by atoms with Crippen molar-refractivity contribution in [2.24, 2.45) is 0 Å². The molecule has 0 spiro atoms. The first-order valence-corrected chi connectivity index (χ1v) is 10.7. The van der Waals surface area contributed by atoms with Crippen LogP contribution in [0, 0.1) is 0 Å². The molecule has 3 aromatic carbocycles. The first-order valence-electron chi connectivity index (χ1n) is 8.80. The van der Waals surface area contributed by atoms with Gasteiger partial charge in [0.25, 0.3) is 15.9 Å². The number of anilines is 2. The molecule has 0 aliphatic heterocycles. The number of sulfonamides is 1. The molecule has 3 aromatic rings. The number of nitrogens with one attached hydrogen (secondary N) is 2. The highest BCUT2D eigenvalue weighted by Crippen LogP contribution is 2.22. The number of carbonyl (C=O) groups is 1. The average Bonchev–Trinajstić information content (AvgIpc) is 2.70. The van der Waals surface area contributed by atoms with E-state index in [1.165, 1.54) is 24.3 Å². The fraction of sp³-hybridized carbons (Fsp3) is 0.0952. The summed E-state index contributed by atoms with van der Waals surface area (Å²) in [6.45, 7) is 2.40. The van der Waals surface area contributed by atoms with Crippen LogP contribution in [-0.4, -0.2) is 20.9 Å². The maximum absolute atomic E-state index is 12.6. The molecule has 0 atom stereocenters. The summed E-state index contributed by atoms with van der Waals surface area (Å²) in [6.07, 6.45) is 0. The first-order chi connectivity index (χ1) is 13.9. The van der Waals surface area contributed by atoms with Crippen molar-refractivity contribution >= 4 is 38.9 Å². The first kappa shape index (κ1) is 20.7. The van der Waals surface area contributed by atoms with Crippen LogP contribution in [0.1, 0.15) is 17.3 Å². The third kappa shape index (κ3) is 5.28. The second-order valence-corrected chi connectivity index (χ2v) is 8.11. The topological polar surface area (TPSA) is 84.5 Å². The second-order valence-electron chi connectivity index (χ2n) is 6.02. The van der Waals surface area contributed by atoms with Crippen molar-refractivity contribution in [3.8, 4) is 5.75 Å². The number of halogens is 1. The monoisotopic (exact) mass is 430 g/mol. The van der Waals surface area contributed by atoms with Crippen LogP contribution >= 0.6 is 11.6 Å². The fourth-order valence-corrected chi connectivity index (χ4v) is 3.84. The molecule has 0 bridgehead atoms. The van der Waals surface area contributed by atoms with E-state index in [2.05, 4.69) is 10.0 Å². The molecule has 0 aliphatic rings. The lowest BCUT2D eigenvalue weighted by molar-refractivity contribution is 0.102. The van der Waals surface area contributed by atoms with Gasteiger partial charge < -0.3 is 10.1 Å². The summed E-state index contributed by atoms with van der Waals surface area (Å²) in [5, 5.41) is 3.03. The third-order valence-corrected chi connectivity index (χ3v) is 5.69. The van der Waals surface area contributed by atoms with Gasteiger partial charge in [0.15, 0.2) is 0 Å². The predicted octanol–water partition coefficient (Wildman–Crippen LogP) is 4.79. The predicted molar refractivity (Wildman–Crippen MR) is 114 cm³/mol. The molecule has 3 rings (SSSR count). The molecule has 150 valence electrons. The molecule has 0 fully saturated rings. The van der Waals surface area contributed by atoms with Gasteiger partial charge >= 0.3 is 0 Å². The van der Waals surface area contributed by atoms with E-state index in [9.17, 15) is 13.2 Å². The van der Waals surface area contributed by atoms with E-state index in [0.717, 1.165) is 0 Å². The molecule has 8 heteroatoms. The van der Waals surface area contributed by atoms with Crippen molar-refractivity contribution in [2.75, 3.05) is 16.6 Å². The lowest BCUT2D eigenvalue weighted by Crippen LogP contribution is -2.14. The summed E-state index contributed by atoms with van der Waals surface area (Å²) < 4.78 is 33.0. The van der Waals surface area contributed by atoms with E-state index in [1.54, 1.807) is 48.5 Å². The van der Waals surface area contributed by atoms with Gasteiger partial charge in [-0.1, -0.05) is 23.7 Å². The maximum Gasteiger partial charge on any atom is 0.261 e. The summed E-state index contributed by atoms with van der Waals surface area (Å²) in [5.41, 5.74) is 1.21. The Morgan fingerprint density at radius 3 is 2.17 bits per heavy atom. The fourth-order valence-electron chi connectivity index (χ4n) is 2.56. The van der Waals surface area contributed by atoms with Crippen LogP contribution < -0.4 is 14.8 Å². The molecule has 0 aliphatic carbocycles. The van der Waals surface area contributed by atoms with Crippen molar-refractivity contribution in [1.29, 1.82) is 0 Å². The summed E-state index contributed by atoms with van der Waals surface area (Å²) >= 11 is 6.02. The Hall–Kier alpha value is -3.03. The molecule has 1 amide bonds. The summed E-state index contributed by atoms with van der Waals surface area (Å²) in [7, 11) is -3.77. The van der Waals surface area contributed by atoms with E-state index in [4.69, 9.17) is 16.3 Å². The van der Waals surface area contributed by atoms with Gasteiger partial charge in [-0.3, -0.25) is 9.52 Å². The van der Waals surface area contributed by atoms with Crippen molar-refractivity contribution in [3.63, 3.8) is 0 Å². The minimum absolute atomic E-state index is 0.0714. The van der Waals surface area contributed by atoms with Crippen LogP contribution in [-0.2, 0) is 10.0 Å². The number of rotatable bonds is 7. The number of benzene rings is 3. The molecule has 6 nitrogen and oxygen atoms in total. The molecule has 29 heavy (non-hydrogen) atoms. The standard InChI is InChI=1S/C21H19ClN2O4S/c1-2-28-17-11-7-16(8-12-17)24-29(26,27)18-13-9-15(10-14-18)23-21(25)19-5-3-4-6-20(19)22/h3-14,24H,2H2,1H3,(H,23,25). The number of ether oxygens (including phenoxy) is 1. The zero-order valence-electron chi connectivity index (χ0n) is 15.6. The molecule has 0 heterocycles. The normalized spacial score (nSPS) is 11.0. The third-order valence-electron chi connectivity index (χ3n) is 3.96. The molecular formula is C21H19ClN2O4S. The Morgan fingerprint density at radius 1 is 0.931 bits per heavy atom. The molecule has 0 saturated carbocycles. The quantitative estimate of drug-likeness (QED) is 0.564. The van der Waals surface area contributed by atoms with E-state index >= 15 is 0 Å². The number of hydrogen-bond acceptors (Lipinski definition) is 4. The number of hydrogen-bond donors (Lipinski definition) is 2. The minimum atomic E-state index is -3.77. The van der Waals surface area contributed by atoms with Crippen LogP contribution in [0.3, 0.4) is 0 Å². The highest BCUT2D eigenvalue weighted by molar-refractivity contribution is 7.92. The average molecular weight is 431 g/mol. The smallest absolute Gasteiger partial charge is 0.261 e. The summed E-state index contributed by atoms with van der Waals surface area (Å²) in [5.74, 6) is 0.285. The van der Waals surface area contributed by atoms with Gasteiger partial charge in [0.05, 0.1) is 22.1 Å². The van der Waals surface area contributed by atoms with Crippen molar-refractivity contribution in [1.82, 2.24) is 0 Å². The molecular weight excluding hydrogens is 412 g/mol. The van der Waals surface area contributed by atoms with E-state index in [1.807, 2.05) is 6.92 Å². The second kappa shape index (κ2) is 8.98. The number of carbonyl (C=O) groups excluding carboxylic acids is 1. The van der Waals surface area contributed by atoms with Crippen molar-refractivity contribution < 1.29 is 17.9 Å². The molecule has 0 radical (unpaired) electrons. The number of amides is 1. The Morgan fingerprint density at radius 2 is 1.55 bits per heavy atom. The molecule has 0 unspecified atom stereocenters. The molecule has 0 saturated heterocycles. The largest absolute Gasteiger partial charge is 0.494 e. The van der Waals surface area contributed by atoms with Gasteiger partial charge in [-0.15, -0.1) is 0 Å². The van der Waals surface area contributed by atoms with Gasteiger partial charge in [0.1, 0.15) is 5.75 Å². The van der Waals surface area contributed by atoms with Gasteiger partial charge in [-0.2, -0.15) is 0 Å². The van der Waals surface area contributed by atoms with Crippen LogP contribution in [0.15, 0.2) is 77.7 Å². The molecule has 2 N–H and O–H groups in total.